The van der Waals surface area contributed by atoms with Crippen molar-refractivity contribution in [2.24, 2.45) is 5.92 Å². The van der Waals surface area contributed by atoms with Crippen molar-refractivity contribution >= 4 is 0 Å². The van der Waals surface area contributed by atoms with Gasteiger partial charge in [0, 0.05) is 25.2 Å². The molecule has 2 aliphatic rings. The fourth-order valence-corrected chi connectivity index (χ4v) is 3.48. The molecule has 0 radical (unpaired) electrons. The van der Waals surface area contributed by atoms with Gasteiger partial charge in [0.05, 0.1) is 13.2 Å². The maximum Gasteiger partial charge on any atom is 0.123 e. The highest BCUT2D eigenvalue weighted by Crippen LogP contribution is 2.29. The van der Waals surface area contributed by atoms with Crippen molar-refractivity contribution in [3.8, 4) is 0 Å². The Morgan fingerprint density at radius 2 is 2.30 bits per heavy atom. The van der Waals surface area contributed by atoms with E-state index in [9.17, 15) is 4.39 Å². The lowest BCUT2D eigenvalue weighted by atomic mass is 9.94. The van der Waals surface area contributed by atoms with Gasteiger partial charge in [0.2, 0.25) is 0 Å². The summed E-state index contributed by atoms with van der Waals surface area (Å²) in [6, 6.07) is 7.83. The quantitative estimate of drug-likeness (QED) is 0.884. The number of morpholine rings is 1. The van der Waals surface area contributed by atoms with Gasteiger partial charge in [-0.3, -0.25) is 0 Å². The van der Waals surface area contributed by atoms with Crippen LogP contribution in [-0.2, 0) is 11.3 Å². The normalized spacial score (nSPS) is 30.6. The second-order valence-corrected chi connectivity index (χ2v) is 5.85. The molecule has 1 aliphatic carbocycles. The molecule has 0 aromatic heterocycles. The molecule has 20 heavy (non-hydrogen) atoms. The van der Waals surface area contributed by atoms with Gasteiger partial charge in [0.25, 0.3) is 0 Å². The molecule has 1 aromatic rings. The minimum atomic E-state index is -0.158. The van der Waals surface area contributed by atoms with Gasteiger partial charge in [-0.25, -0.2) is 4.39 Å². The highest BCUT2D eigenvalue weighted by atomic mass is 19.1. The Hall–Kier alpha value is -0.970. The third-order valence-electron chi connectivity index (χ3n) is 4.49. The molecular formula is C16H23FN2O. The van der Waals surface area contributed by atoms with Crippen molar-refractivity contribution in [1.82, 2.24) is 10.6 Å². The van der Waals surface area contributed by atoms with Crippen LogP contribution in [0.2, 0.25) is 0 Å². The van der Waals surface area contributed by atoms with Crippen molar-refractivity contribution in [3.63, 3.8) is 0 Å². The molecule has 0 bridgehead atoms. The number of hydrogen-bond donors (Lipinski definition) is 2. The van der Waals surface area contributed by atoms with Crippen LogP contribution in [0.1, 0.15) is 24.8 Å². The Bertz CT molecular complexity index is 434. The summed E-state index contributed by atoms with van der Waals surface area (Å²) in [5.74, 6) is 0.471. The largest absolute Gasteiger partial charge is 0.379 e. The average molecular weight is 278 g/mol. The number of nitrogens with one attached hydrogen (secondary N) is 2. The number of benzene rings is 1. The molecule has 1 aliphatic heterocycles. The average Bonchev–Trinajstić information content (AvgIpc) is 2.95. The predicted octanol–water partition coefficient (Wildman–Crippen LogP) is 2.07. The second kappa shape index (κ2) is 6.66. The van der Waals surface area contributed by atoms with E-state index in [1.54, 1.807) is 12.1 Å². The number of ether oxygens (including phenoxy) is 1. The molecule has 1 heterocycles. The van der Waals surface area contributed by atoms with Gasteiger partial charge >= 0.3 is 0 Å². The zero-order valence-electron chi connectivity index (χ0n) is 11.8. The van der Waals surface area contributed by atoms with Crippen LogP contribution in [0.5, 0.6) is 0 Å². The monoisotopic (exact) mass is 278 g/mol. The molecule has 3 unspecified atom stereocenters. The molecule has 110 valence electrons. The summed E-state index contributed by atoms with van der Waals surface area (Å²) < 4.78 is 18.8. The molecule has 1 aromatic carbocycles. The molecule has 4 heteroatoms. The van der Waals surface area contributed by atoms with E-state index >= 15 is 0 Å². The Kier molecular flexibility index (Phi) is 4.65. The molecule has 2 fully saturated rings. The van der Waals surface area contributed by atoms with Crippen molar-refractivity contribution < 1.29 is 9.13 Å². The first-order valence-corrected chi connectivity index (χ1v) is 7.62. The van der Waals surface area contributed by atoms with Crippen LogP contribution in [0.25, 0.3) is 0 Å². The summed E-state index contributed by atoms with van der Waals surface area (Å²) in [6.07, 6.45) is 3.73. The summed E-state index contributed by atoms with van der Waals surface area (Å²) in [4.78, 5) is 0. The molecule has 2 N–H and O–H groups in total. The Morgan fingerprint density at radius 3 is 3.10 bits per heavy atom. The summed E-state index contributed by atoms with van der Waals surface area (Å²) in [5, 5.41) is 7.18. The van der Waals surface area contributed by atoms with E-state index < -0.39 is 0 Å². The Labute approximate surface area is 119 Å². The van der Waals surface area contributed by atoms with Gasteiger partial charge in [0.1, 0.15) is 5.82 Å². The summed E-state index contributed by atoms with van der Waals surface area (Å²) in [6.45, 7) is 3.34. The van der Waals surface area contributed by atoms with Crippen molar-refractivity contribution in [2.75, 3.05) is 19.8 Å². The first kappa shape index (κ1) is 14.0. The van der Waals surface area contributed by atoms with E-state index in [2.05, 4.69) is 10.6 Å². The molecule has 0 spiro atoms. The van der Waals surface area contributed by atoms with E-state index in [1.165, 1.54) is 25.3 Å². The lowest BCUT2D eigenvalue weighted by Crippen LogP contribution is -2.50. The van der Waals surface area contributed by atoms with Gasteiger partial charge in [-0.05, 0) is 36.5 Å². The van der Waals surface area contributed by atoms with Gasteiger partial charge < -0.3 is 15.4 Å². The van der Waals surface area contributed by atoms with E-state index in [1.807, 2.05) is 6.07 Å². The number of hydrogen-bond acceptors (Lipinski definition) is 3. The van der Waals surface area contributed by atoms with Crippen molar-refractivity contribution in [1.29, 1.82) is 0 Å². The fourth-order valence-electron chi connectivity index (χ4n) is 3.48. The molecule has 3 nitrogen and oxygen atoms in total. The van der Waals surface area contributed by atoms with E-state index in [0.29, 0.717) is 18.0 Å². The maximum absolute atomic E-state index is 13.2. The first-order valence-electron chi connectivity index (χ1n) is 7.62. The smallest absolute Gasteiger partial charge is 0.123 e. The molecule has 1 saturated carbocycles. The standard InChI is InChI=1S/C16H23FN2O/c17-13-4-1-3-12(9-13)10-19-15-6-2-5-14(15)16-11-20-8-7-18-16/h1,3-4,9,14-16,18-19H,2,5-8,10-11H2. The minimum Gasteiger partial charge on any atom is -0.379 e. The predicted molar refractivity (Wildman–Crippen MR) is 77.0 cm³/mol. The fraction of sp³-hybridized carbons (Fsp3) is 0.625. The van der Waals surface area contributed by atoms with Gasteiger partial charge in [-0.1, -0.05) is 18.6 Å². The Morgan fingerprint density at radius 1 is 1.35 bits per heavy atom. The summed E-state index contributed by atoms with van der Waals surface area (Å²) in [5.41, 5.74) is 1.02. The first-order chi connectivity index (χ1) is 9.83. The van der Waals surface area contributed by atoms with Crippen LogP contribution in [0.15, 0.2) is 24.3 Å². The zero-order valence-corrected chi connectivity index (χ0v) is 11.8. The van der Waals surface area contributed by atoms with Crippen molar-refractivity contribution in [3.05, 3.63) is 35.6 Å². The van der Waals surface area contributed by atoms with Crippen LogP contribution in [-0.4, -0.2) is 31.8 Å². The van der Waals surface area contributed by atoms with Crippen LogP contribution in [0.4, 0.5) is 4.39 Å². The van der Waals surface area contributed by atoms with E-state index in [-0.39, 0.29) is 5.82 Å². The Balaban J connectivity index is 1.55. The highest BCUT2D eigenvalue weighted by molar-refractivity contribution is 5.16. The molecule has 1 saturated heterocycles. The van der Waals surface area contributed by atoms with E-state index in [0.717, 1.165) is 31.9 Å². The minimum absolute atomic E-state index is 0.158. The second-order valence-electron chi connectivity index (χ2n) is 5.85. The molecule has 3 atom stereocenters. The van der Waals surface area contributed by atoms with Crippen LogP contribution < -0.4 is 10.6 Å². The van der Waals surface area contributed by atoms with Gasteiger partial charge in [-0.2, -0.15) is 0 Å². The maximum atomic E-state index is 13.2. The third kappa shape index (κ3) is 3.37. The molecule has 3 rings (SSSR count). The molecule has 0 amide bonds. The number of halogens is 1. The van der Waals surface area contributed by atoms with Crippen LogP contribution >= 0.6 is 0 Å². The van der Waals surface area contributed by atoms with Crippen molar-refractivity contribution in [2.45, 2.75) is 37.9 Å². The SMILES string of the molecule is Fc1cccc(CNC2CCCC2C2COCCN2)c1. The van der Waals surface area contributed by atoms with Crippen LogP contribution in [0.3, 0.4) is 0 Å². The third-order valence-corrected chi connectivity index (χ3v) is 4.49. The summed E-state index contributed by atoms with van der Waals surface area (Å²) >= 11 is 0. The van der Waals surface area contributed by atoms with E-state index in [4.69, 9.17) is 4.74 Å². The lowest BCUT2D eigenvalue weighted by molar-refractivity contribution is 0.0524. The van der Waals surface area contributed by atoms with Crippen LogP contribution in [0, 0.1) is 11.7 Å². The van der Waals surface area contributed by atoms with Gasteiger partial charge in [-0.15, -0.1) is 0 Å². The summed E-state index contributed by atoms with van der Waals surface area (Å²) in [7, 11) is 0. The zero-order chi connectivity index (χ0) is 13.8. The topological polar surface area (TPSA) is 33.3 Å². The molecular weight excluding hydrogens is 255 g/mol. The highest BCUT2D eigenvalue weighted by Gasteiger charge is 2.34. The number of rotatable bonds is 4. The van der Waals surface area contributed by atoms with Gasteiger partial charge in [0.15, 0.2) is 0 Å². The lowest BCUT2D eigenvalue weighted by Gasteiger charge is -2.33.